The van der Waals surface area contributed by atoms with Crippen molar-refractivity contribution in [2.45, 2.75) is 32.2 Å². The lowest BCUT2D eigenvalue weighted by molar-refractivity contribution is -0.137. The van der Waals surface area contributed by atoms with Gasteiger partial charge in [-0.1, -0.05) is 6.92 Å². The molecule has 0 aromatic carbocycles. The molecule has 3 N–H and O–H groups in total. The van der Waals surface area contributed by atoms with Crippen molar-refractivity contribution in [3.63, 3.8) is 0 Å². The standard InChI is InChI=1S/C9H14N2O2S/c1-2-3-8-11-7(5-14-8)6(10)4-9(12)13/h5-6H,2-4,10H2,1H3,(H,12,13). The number of hydrogen-bond acceptors (Lipinski definition) is 4. The Morgan fingerprint density at radius 1 is 1.79 bits per heavy atom. The molecule has 1 unspecified atom stereocenters. The van der Waals surface area contributed by atoms with E-state index in [1.54, 1.807) is 11.3 Å². The maximum atomic E-state index is 10.4. The second-order valence-corrected chi connectivity index (χ2v) is 4.06. The number of carboxylic acids is 1. The monoisotopic (exact) mass is 214 g/mol. The first kappa shape index (κ1) is 11.1. The van der Waals surface area contributed by atoms with Crippen LogP contribution in [0.2, 0.25) is 0 Å². The summed E-state index contributed by atoms with van der Waals surface area (Å²) in [6, 6.07) is -0.477. The lowest BCUT2D eigenvalue weighted by atomic mass is 10.2. The quantitative estimate of drug-likeness (QED) is 0.780. The second kappa shape index (κ2) is 5.07. The van der Waals surface area contributed by atoms with Gasteiger partial charge in [-0.25, -0.2) is 4.98 Å². The van der Waals surface area contributed by atoms with E-state index in [0.717, 1.165) is 17.8 Å². The Hall–Kier alpha value is -0.940. The molecule has 0 bridgehead atoms. The van der Waals surface area contributed by atoms with Gasteiger partial charge in [0.15, 0.2) is 0 Å². The summed E-state index contributed by atoms with van der Waals surface area (Å²) in [6.07, 6.45) is 1.92. The van der Waals surface area contributed by atoms with Gasteiger partial charge < -0.3 is 10.8 Å². The predicted octanol–water partition coefficient (Wildman–Crippen LogP) is 1.57. The van der Waals surface area contributed by atoms with Crippen LogP contribution in [0.5, 0.6) is 0 Å². The van der Waals surface area contributed by atoms with Crippen molar-refractivity contribution in [1.29, 1.82) is 0 Å². The molecule has 78 valence electrons. The zero-order valence-corrected chi connectivity index (χ0v) is 8.88. The molecule has 0 radical (unpaired) electrons. The van der Waals surface area contributed by atoms with Gasteiger partial charge in [-0.05, 0) is 12.8 Å². The first-order chi connectivity index (χ1) is 6.63. The summed E-state index contributed by atoms with van der Waals surface area (Å²) >= 11 is 1.55. The Morgan fingerprint density at radius 3 is 3.07 bits per heavy atom. The Balaban J connectivity index is 2.61. The van der Waals surface area contributed by atoms with Crippen LogP contribution < -0.4 is 5.73 Å². The number of rotatable bonds is 5. The number of nitrogens with zero attached hydrogens (tertiary/aromatic N) is 1. The van der Waals surface area contributed by atoms with Crippen molar-refractivity contribution in [2.24, 2.45) is 5.73 Å². The number of carboxylic acid groups (broad SMARTS) is 1. The molecule has 0 aliphatic heterocycles. The van der Waals surface area contributed by atoms with Gasteiger partial charge in [0, 0.05) is 5.38 Å². The van der Waals surface area contributed by atoms with Crippen LogP contribution in [0.3, 0.4) is 0 Å². The summed E-state index contributed by atoms with van der Waals surface area (Å²) in [5.74, 6) is -0.887. The van der Waals surface area contributed by atoms with E-state index in [4.69, 9.17) is 10.8 Å². The molecule has 0 aliphatic carbocycles. The van der Waals surface area contributed by atoms with Gasteiger partial charge in [-0.15, -0.1) is 11.3 Å². The van der Waals surface area contributed by atoms with Crippen LogP contribution in [0.4, 0.5) is 0 Å². The number of aryl methyl sites for hydroxylation is 1. The highest BCUT2D eigenvalue weighted by atomic mass is 32.1. The average Bonchev–Trinajstić information content (AvgIpc) is 2.52. The molecular formula is C9H14N2O2S. The summed E-state index contributed by atoms with van der Waals surface area (Å²) in [7, 11) is 0. The van der Waals surface area contributed by atoms with Crippen molar-refractivity contribution < 1.29 is 9.90 Å². The molecule has 5 heteroatoms. The normalized spacial score (nSPS) is 12.7. The Kier molecular flexibility index (Phi) is 4.03. The fraction of sp³-hybridized carbons (Fsp3) is 0.556. The maximum absolute atomic E-state index is 10.4. The number of nitrogens with two attached hydrogens (primary N) is 1. The third-order valence-electron chi connectivity index (χ3n) is 1.81. The van der Waals surface area contributed by atoms with Crippen LogP contribution in [-0.2, 0) is 11.2 Å². The minimum absolute atomic E-state index is 0.0602. The summed E-state index contributed by atoms with van der Waals surface area (Å²) < 4.78 is 0. The van der Waals surface area contributed by atoms with Crippen molar-refractivity contribution in [2.75, 3.05) is 0 Å². The van der Waals surface area contributed by atoms with E-state index in [1.165, 1.54) is 0 Å². The third-order valence-corrected chi connectivity index (χ3v) is 2.73. The average molecular weight is 214 g/mol. The van der Waals surface area contributed by atoms with E-state index in [-0.39, 0.29) is 6.42 Å². The van der Waals surface area contributed by atoms with Crippen molar-refractivity contribution in [3.8, 4) is 0 Å². The summed E-state index contributed by atoms with van der Waals surface area (Å²) in [5.41, 5.74) is 6.36. The van der Waals surface area contributed by atoms with Crippen molar-refractivity contribution >= 4 is 17.3 Å². The minimum atomic E-state index is -0.887. The van der Waals surface area contributed by atoms with Gasteiger partial charge in [0.1, 0.15) is 0 Å². The maximum Gasteiger partial charge on any atom is 0.305 e. The van der Waals surface area contributed by atoms with Gasteiger partial charge in [0.2, 0.25) is 0 Å². The summed E-state index contributed by atoms with van der Waals surface area (Å²) in [6.45, 7) is 2.08. The highest BCUT2D eigenvalue weighted by molar-refractivity contribution is 7.09. The molecule has 0 spiro atoms. The molecular weight excluding hydrogens is 200 g/mol. The van der Waals surface area contributed by atoms with Gasteiger partial charge in [-0.3, -0.25) is 4.79 Å². The molecule has 0 aliphatic rings. The van der Waals surface area contributed by atoms with Crippen LogP contribution in [0.1, 0.15) is 36.5 Å². The highest BCUT2D eigenvalue weighted by Gasteiger charge is 2.13. The SMILES string of the molecule is CCCc1nc(C(N)CC(=O)O)cs1. The number of carbonyl (C=O) groups is 1. The molecule has 0 fully saturated rings. The van der Waals surface area contributed by atoms with Crippen molar-refractivity contribution in [1.82, 2.24) is 4.98 Å². The van der Waals surface area contributed by atoms with Gasteiger partial charge in [0.25, 0.3) is 0 Å². The van der Waals surface area contributed by atoms with E-state index in [0.29, 0.717) is 5.69 Å². The zero-order chi connectivity index (χ0) is 10.6. The zero-order valence-electron chi connectivity index (χ0n) is 8.06. The van der Waals surface area contributed by atoms with E-state index >= 15 is 0 Å². The molecule has 0 saturated heterocycles. The lowest BCUT2D eigenvalue weighted by Gasteiger charge is -2.03. The first-order valence-electron chi connectivity index (χ1n) is 4.55. The van der Waals surface area contributed by atoms with E-state index < -0.39 is 12.0 Å². The molecule has 4 nitrogen and oxygen atoms in total. The second-order valence-electron chi connectivity index (χ2n) is 3.12. The molecule has 1 rings (SSSR count). The molecule has 1 aromatic rings. The van der Waals surface area contributed by atoms with Gasteiger partial charge in [0.05, 0.1) is 23.2 Å². The van der Waals surface area contributed by atoms with E-state index in [2.05, 4.69) is 11.9 Å². The number of hydrogen-bond donors (Lipinski definition) is 2. The van der Waals surface area contributed by atoms with Crippen LogP contribution in [0.15, 0.2) is 5.38 Å². The highest BCUT2D eigenvalue weighted by Crippen LogP contribution is 2.18. The van der Waals surface area contributed by atoms with E-state index in [1.807, 2.05) is 5.38 Å². The molecule has 0 amide bonds. The first-order valence-corrected chi connectivity index (χ1v) is 5.43. The predicted molar refractivity (Wildman–Crippen MR) is 55.3 cm³/mol. The fourth-order valence-corrected chi connectivity index (χ4v) is 2.08. The topological polar surface area (TPSA) is 76.2 Å². The molecule has 0 saturated carbocycles. The van der Waals surface area contributed by atoms with Crippen LogP contribution in [-0.4, -0.2) is 16.1 Å². The largest absolute Gasteiger partial charge is 0.481 e. The molecule has 14 heavy (non-hydrogen) atoms. The van der Waals surface area contributed by atoms with Crippen LogP contribution >= 0.6 is 11.3 Å². The Morgan fingerprint density at radius 2 is 2.50 bits per heavy atom. The Bertz CT molecular complexity index is 312. The fourth-order valence-electron chi connectivity index (χ4n) is 1.12. The molecule has 1 heterocycles. The smallest absolute Gasteiger partial charge is 0.305 e. The molecule has 1 atom stereocenters. The third kappa shape index (κ3) is 3.08. The van der Waals surface area contributed by atoms with Crippen LogP contribution in [0.25, 0.3) is 0 Å². The van der Waals surface area contributed by atoms with Crippen LogP contribution in [0, 0.1) is 0 Å². The minimum Gasteiger partial charge on any atom is -0.481 e. The number of thiazole rings is 1. The van der Waals surface area contributed by atoms with Gasteiger partial charge >= 0.3 is 5.97 Å². The summed E-state index contributed by atoms with van der Waals surface area (Å²) in [5, 5.41) is 11.4. The molecule has 1 aromatic heterocycles. The summed E-state index contributed by atoms with van der Waals surface area (Å²) in [4.78, 5) is 14.7. The number of aromatic nitrogens is 1. The lowest BCUT2D eigenvalue weighted by Crippen LogP contribution is -2.15. The van der Waals surface area contributed by atoms with Crippen molar-refractivity contribution in [3.05, 3.63) is 16.1 Å². The van der Waals surface area contributed by atoms with Gasteiger partial charge in [-0.2, -0.15) is 0 Å². The number of aliphatic carboxylic acids is 1. The van der Waals surface area contributed by atoms with E-state index in [9.17, 15) is 4.79 Å². The Labute approximate surface area is 86.8 Å².